The number of rotatable bonds is 10. The molecule has 0 aromatic heterocycles. The smallest absolute Gasteiger partial charge is 0.262 e. The molecule has 4 rings (SSSR count). The second-order valence-corrected chi connectivity index (χ2v) is 16.2. The van der Waals surface area contributed by atoms with Crippen LogP contribution in [-0.2, 0) is 9.22 Å². The van der Waals surface area contributed by atoms with Gasteiger partial charge in [-0.25, -0.2) is 0 Å². The first-order chi connectivity index (χ1) is 19.2. The lowest BCUT2D eigenvalue weighted by Crippen LogP contribution is -2.68. The highest BCUT2D eigenvalue weighted by Crippen LogP contribution is 2.38. The Morgan fingerprint density at radius 1 is 0.900 bits per heavy atom. The van der Waals surface area contributed by atoms with Gasteiger partial charge in [0.05, 0.1) is 18.3 Å². The summed E-state index contributed by atoms with van der Waals surface area (Å²) in [5.41, 5.74) is 0. The maximum Gasteiger partial charge on any atom is 0.262 e. The van der Waals surface area contributed by atoms with Gasteiger partial charge in [0.15, 0.2) is 0 Å². The van der Waals surface area contributed by atoms with Crippen molar-refractivity contribution in [2.45, 2.75) is 57.0 Å². The van der Waals surface area contributed by atoms with Crippen LogP contribution in [0.5, 0.6) is 5.75 Å². The highest BCUT2D eigenvalue weighted by molar-refractivity contribution is 6.99. The highest BCUT2D eigenvalue weighted by atomic mass is 35.5. The number of halogens is 1. The minimum absolute atomic E-state index is 0.193. The van der Waals surface area contributed by atoms with Crippen LogP contribution in [0, 0.1) is 11.8 Å². The third-order valence-corrected chi connectivity index (χ3v) is 13.0. The number of carbonyl (C=O) groups excluding carboxylic acids is 1. The molecule has 5 atom stereocenters. The van der Waals surface area contributed by atoms with Gasteiger partial charge < -0.3 is 24.2 Å². The molecule has 7 heteroatoms. The molecule has 0 radical (unpaired) electrons. The van der Waals surface area contributed by atoms with E-state index in [1.54, 1.807) is 12.1 Å². The van der Waals surface area contributed by atoms with E-state index in [-0.39, 0.29) is 11.6 Å². The van der Waals surface area contributed by atoms with Crippen LogP contribution >= 0.6 is 11.6 Å². The van der Waals surface area contributed by atoms with Gasteiger partial charge in [-0.1, -0.05) is 111 Å². The summed E-state index contributed by atoms with van der Waals surface area (Å²) in [4.78, 5) is 11.9. The number of aldehydes is 1. The van der Waals surface area contributed by atoms with Gasteiger partial charge in [-0.3, -0.25) is 0 Å². The number of aliphatic hydroxyl groups excluding tert-OH is 2. The molecule has 212 valence electrons. The van der Waals surface area contributed by atoms with E-state index in [1.807, 2.05) is 60.7 Å². The summed E-state index contributed by atoms with van der Waals surface area (Å²) in [5, 5.41) is 23.8. The molecule has 0 saturated heterocycles. The fourth-order valence-corrected chi connectivity index (χ4v) is 10.5. The number of hydrogen-bond donors (Lipinski definition) is 2. The summed E-state index contributed by atoms with van der Waals surface area (Å²) in [6.07, 6.45) is 3.27. The van der Waals surface area contributed by atoms with Crippen LogP contribution in [-0.4, -0.2) is 49.7 Å². The quantitative estimate of drug-likeness (QED) is 0.197. The molecule has 1 fully saturated rings. The highest BCUT2D eigenvalue weighted by Gasteiger charge is 2.51. The molecule has 0 aliphatic heterocycles. The van der Waals surface area contributed by atoms with Gasteiger partial charge in [0.1, 0.15) is 18.6 Å². The second kappa shape index (κ2) is 13.3. The van der Waals surface area contributed by atoms with Crippen LogP contribution in [0.4, 0.5) is 0 Å². The summed E-state index contributed by atoms with van der Waals surface area (Å²) >= 11 is 6.21. The average Bonchev–Trinajstić information content (AvgIpc) is 2.94. The molecule has 3 aromatic rings. The van der Waals surface area contributed by atoms with E-state index in [0.29, 0.717) is 23.6 Å². The minimum Gasteiger partial charge on any atom is -0.491 e. The zero-order chi connectivity index (χ0) is 28.8. The van der Waals surface area contributed by atoms with Crippen molar-refractivity contribution in [3.05, 3.63) is 102 Å². The number of benzene rings is 3. The van der Waals surface area contributed by atoms with Crippen molar-refractivity contribution in [3.63, 3.8) is 0 Å². The first-order valence-electron chi connectivity index (χ1n) is 13.8. The van der Waals surface area contributed by atoms with E-state index >= 15 is 0 Å². The molecule has 1 aliphatic rings. The normalized spacial score (nSPS) is 22.6. The van der Waals surface area contributed by atoms with E-state index in [9.17, 15) is 15.0 Å². The molecule has 2 N–H and O–H groups in total. The minimum atomic E-state index is -2.94. The zero-order valence-corrected chi connectivity index (χ0v) is 25.1. The average molecular weight is 579 g/mol. The van der Waals surface area contributed by atoms with Crippen molar-refractivity contribution in [1.29, 1.82) is 0 Å². The molecule has 40 heavy (non-hydrogen) atoms. The number of hydrogen-bond acceptors (Lipinski definition) is 5. The predicted molar refractivity (Wildman–Crippen MR) is 163 cm³/mol. The van der Waals surface area contributed by atoms with Crippen LogP contribution in [0.2, 0.25) is 10.1 Å². The Bertz CT molecular complexity index is 1220. The predicted octanol–water partition coefficient (Wildman–Crippen LogP) is 5.17. The van der Waals surface area contributed by atoms with Crippen molar-refractivity contribution in [2.24, 2.45) is 11.8 Å². The molecule has 0 amide bonds. The second-order valence-electron chi connectivity index (χ2n) is 11.5. The Kier molecular flexibility index (Phi) is 10.0. The lowest BCUT2D eigenvalue weighted by atomic mass is 9.76. The molecular weight excluding hydrogens is 540 g/mol. The van der Waals surface area contributed by atoms with Gasteiger partial charge in [0.25, 0.3) is 8.32 Å². The van der Waals surface area contributed by atoms with Gasteiger partial charge in [-0.15, -0.1) is 0 Å². The van der Waals surface area contributed by atoms with Crippen molar-refractivity contribution in [1.82, 2.24) is 0 Å². The van der Waals surface area contributed by atoms with Gasteiger partial charge in [0, 0.05) is 16.9 Å². The topological polar surface area (TPSA) is 76.0 Å². The maximum absolute atomic E-state index is 11.9. The molecule has 5 nitrogen and oxygen atoms in total. The summed E-state index contributed by atoms with van der Waals surface area (Å²) in [6.45, 7) is 6.82. The maximum atomic E-state index is 11.9. The summed E-state index contributed by atoms with van der Waals surface area (Å²) < 4.78 is 13.5. The lowest BCUT2D eigenvalue weighted by Gasteiger charge is -2.44. The Hall–Kier alpha value is -2.74. The molecule has 1 saturated carbocycles. The standard InChI is InChI=1S/C33H39ClO5Si/c1-33(2,3)40(27-13-6-4-7-14-27,28-15-8-5-9-16-28)39-26(23-38-25-12-10-11-24(34)21-25)17-18-29-30(22-35)32(37)20-19-31(29)36/h4-18,21-22,26,29-32,36-37H,19-20,23H2,1-3H3/b18-17+/t26?,29-,30-,31-,32+/m1/s1. The molecule has 0 spiro atoms. The van der Waals surface area contributed by atoms with E-state index in [2.05, 4.69) is 45.0 Å². The molecule has 0 bridgehead atoms. The monoisotopic (exact) mass is 578 g/mol. The zero-order valence-electron chi connectivity index (χ0n) is 23.3. The van der Waals surface area contributed by atoms with Crippen molar-refractivity contribution in [3.8, 4) is 5.75 Å². The van der Waals surface area contributed by atoms with Crippen molar-refractivity contribution < 1.29 is 24.2 Å². The first kappa shape index (κ1) is 30.2. The third-order valence-electron chi connectivity index (χ3n) is 7.75. The van der Waals surface area contributed by atoms with Crippen molar-refractivity contribution >= 4 is 36.6 Å². The van der Waals surface area contributed by atoms with Gasteiger partial charge in [0.2, 0.25) is 0 Å². The van der Waals surface area contributed by atoms with E-state index in [4.69, 9.17) is 20.8 Å². The van der Waals surface area contributed by atoms with Crippen molar-refractivity contribution in [2.75, 3.05) is 6.61 Å². The summed E-state index contributed by atoms with van der Waals surface area (Å²) in [6, 6.07) is 27.9. The van der Waals surface area contributed by atoms with Crippen LogP contribution < -0.4 is 15.1 Å². The third kappa shape index (κ3) is 6.76. The Morgan fingerprint density at radius 2 is 1.48 bits per heavy atom. The fraction of sp³-hybridized carbons (Fsp3) is 0.364. The van der Waals surface area contributed by atoms with Crippen LogP contribution in [0.1, 0.15) is 33.6 Å². The Labute approximate surface area is 243 Å². The molecule has 3 aromatic carbocycles. The molecule has 1 aliphatic carbocycles. The Morgan fingerprint density at radius 3 is 2.00 bits per heavy atom. The van der Waals surface area contributed by atoms with Crippen LogP contribution in [0.3, 0.4) is 0 Å². The van der Waals surface area contributed by atoms with Gasteiger partial charge >= 0.3 is 0 Å². The number of ether oxygens (including phenoxy) is 1. The lowest BCUT2D eigenvalue weighted by molar-refractivity contribution is -0.121. The first-order valence-corrected chi connectivity index (χ1v) is 16.1. The summed E-state index contributed by atoms with van der Waals surface area (Å²) in [5.74, 6) is -0.573. The fourth-order valence-electron chi connectivity index (χ4n) is 5.71. The largest absolute Gasteiger partial charge is 0.491 e. The van der Waals surface area contributed by atoms with E-state index in [0.717, 1.165) is 16.7 Å². The Balaban J connectivity index is 1.78. The molecular formula is C33H39ClO5Si. The van der Waals surface area contributed by atoms with Gasteiger partial charge in [-0.05, 0) is 46.5 Å². The number of aliphatic hydroxyl groups is 2. The van der Waals surface area contributed by atoms with Gasteiger partial charge in [-0.2, -0.15) is 0 Å². The van der Waals surface area contributed by atoms with Crippen LogP contribution in [0.25, 0.3) is 0 Å². The molecule has 1 unspecified atom stereocenters. The van der Waals surface area contributed by atoms with Crippen LogP contribution in [0.15, 0.2) is 97.1 Å². The molecule has 0 heterocycles. The number of carbonyl (C=O) groups is 1. The van der Waals surface area contributed by atoms with E-state index in [1.165, 1.54) is 0 Å². The van der Waals surface area contributed by atoms with E-state index < -0.39 is 38.5 Å². The summed E-state index contributed by atoms with van der Waals surface area (Å²) in [7, 11) is -2.94. The SMILES string of the molecule is CC(C)(C)[Si](OC(/C=C/[C@@H]1[C@@H](C=O)[C@@H](O)CC[C@H]1O)COc1cccc(Cl)c1)(c1ccccc1)c1ccccc1.